The molecule has 0 saturated heterocycles. The van der Waals surface area contributed by atoms with Crippen molar-refractivity contribution in [1.29, 1.82) is 0 Å². The van der Waals surface area contributed by atoms with Gasteiger partial charge in [0, 0.05) is 17.1 Å². The van der Waals surface area contributed by atoms with Gasteiger partial charge in [-0.1, -0.05) is 16.8 Å². The zero-order chi connectivity index (χ0) is 17.0. The van der Waals surface area contributed by atoms with E-state index >= 15 is 0 Å². The molecule has 0 unspecified atom stereocenters. The van der Waals surface area contributed by atoms with Gasteiger partial charge in [0.05, 0.1) is 11.4 Å². The van der Waals surface area contributed by atoms with E-state index in [1.807, 2.05) is 0 Å². The fourth-order valence-corrected chi connectivity index (χ4v) is 2.17. The molecule has 6 nitrogen and oxygen atoms in total. The van der Waals surface area contributed by atoms with Crippen molar-refractivity contribution in [3.63, 3.8) is 0 Å². The summed E-state index contributed by atoms with van der Waals surface area (Å²) in [6.07, 6.45) is 0.482. The molecule has 0 saturated carbocycles. The molecule has 2 rings (SSSR count). The molecule has 2 amide bonds. The molecule has 23 heavy (non-hydrogen) atoms. The van der Waals surface area contributed by atoms with E-state index in [4.69, 9.17) is 16.1 Å². The van der Waals surface area contributed by atoms with Gasteiger partial charge in [-0.3, -0.25) is 9.59 Å². The minimum atomic E-state index is -0.954. The summed E-state index contributed by atoms with van der Waals surface area (Å²) in [5, 5.41) is 8.65. The van der Waals surface area contributed by atoms with E-state index in [-0.39, 0.29) is 17.3 Å². The van der Waals surface area contributed by atoms with Gasteiger partial charge in [-0.15, -0.1) is 0 Å². The molecule has 0 bridgehead atoms. The van der Waals surface area contributed by atoms with Crippen LogP contribution in [0.1, 0.15) is 17.0 Å². The van der Waals surface area contributed by atoms with Crippen molar-refractivity contribution in [1.82, 2.24) is 10.5 Å². The maximum absolute atomic E-state index is 13.6. The minimum absolute atomic E-state index is 0.111. The molecule has 0 radical (unpaired) electrons. The predicted molar refractivity (Wildman–Crippen MR) is 82.7 cm³/mol. The van der Waals surface area contributed by atoms with Crippen LogP contribution in [0.3, 0.4) is 0 Å². The van der Waals surface area contributed by atoms with Crippen LogP contribution in [0.4, 0.5) is 10.1 Å². The number of hydrogen-bond acceptors (Lipinski definition) is 4. The van der Waals surface area contributed by atoms with E-state index in [2.05, 4.69) is 15.8 Å². The van der Waals surface area contributed by atoms with Gasteiger partial charge in [-0.25, -0.2) is 4.39 Å². The van der Waals surface area contributed by atoms with Crippen molar-refractivity contribution in [2.24, 2.45) is 0 Å². The number of nitrogens with zero attached hydrogens (tertiary/aromatic N) is 1. The molecule has 0 fully saturated rings. The smallest absolute Gasteiger partial charge is 0.313 e. The summed E-state index contributed by atoms with van der Waals surface area (Å²) in [7, 11) is 0. The molecule has 1 aromatic carbocycles. The molecule has 1 heterocycles. The van der Waals surface area contributed by atoms with Crippen molar-refractivity contribution in [2.75, 3.05) is 11.9 Å². The van der Waals surface area contributed by atoms with E-state index in [0.717, 1.165) is 17.3 Å². The van der Waals surface area contributed by atoms with E-state index in [1.165, 1.54) is 12.1 Å². The molecule has 2 N–H and O–H groups in total. The molecule has 122 valence electrons. The highest BCUT2D eigenvalue weighted by atomic mass is 35.5. The molecule has 8 heteroatoms. The molecule has 1 aromatic heterocycles. The van der Waals surface area contributed by atoms with Crippen LogP contribution in [0.15, 0.2) is 22.7 Å². The fraction of sp³-hybridized carbons (Fsp3) is 0.267. The Hall–Kier alpha value is -2.41. The van der Waals surface area contributed by atoms with Crippen LogP contribution in [-0.4, -0.2) is 23.5 Å². The number of amides is 2. The van der Waals surface area contributed by atoms with Gasteiger partial charge in [0.1, 0.15) is 11.6 Å². The van der Waals surface area contributed by atoms with Gasteiger partial charge < -0.3 is 15.2 Å². The summed E-state index contributed by atoms with van der Waals surface area (Å²) in [5.41, 5.74) is 1.51. The zero-order valence-electron chi connectivity index (χ0n) is 12.6. The largest absolute Gasteiger partial charge is 0.361 e. The van der Waals surface area contributed by atoms with E-state index in [9.17, 15) is 14.0 Å². The Morgan fingerprint density at radius 3 is 2.65 bits per heavy atom. The first-order valence-electron chi connectivity index (χ1n) is 6.84. The first-order valence-corrected chi connectivity index (χ1v) is 7.22. The van der Waals surface area contributed by atoms with Gasteiger partial charge in [0.25, 0.3) is 0 Å². The maximum Gasteiger partial charge on any atom is 0.313 e. The average molecular weight is 340 g/mol. The van der Waals surface area contributed by atoms with Crippen LogP contribution < -0.4 is 10.6 Å². The number of benzene rings is 1. The van der Waals surface area contributed by atoms with Crippen molar-refractivity contribution < 1.29 is 18.5 Å². The topological polar surface area (TPSA) is 84.2 Å². The van der Waals surface area contributed by atoms with Crippen molar-refractivity contribution in [2.45, 2.75) is 20.3 Å². The lowest BCUT2D eigenvalue weighted by atomic mass is 10.1. The number of aromatic nitrogens is 1. The number of rotatable bonds is 4. The number of halogens is 2. The number of anilines is 1. The SMILES string of the molecule is Cc1noc(C)c1CCNC(=O)C(=O)Nc1ccc(Cl)cc1F. The molecule has 0 aliphatic heterocycles. The first-order chi connectivity index (χ1) is 10.9. The van der Waals surface area contributed by atoms with Crippen LogP contribution in [0.2, 0.25) is 5.02 Å². The monoisotopic (exact) mass is 339 g/mol. The number of nitrogens with one attached hydrogen (secondary N) is 2. The molecular formula is C15H15ClFN3O3. The molecular weight excluding hydrogens is 325 g/mol. The van der Waals surface area contributed by atoms with Crippen LogP contribution in [-0.2, 0) is 16.0 Å². The Kier molecular flexibility index (Phi) is 5.33. The Labute approximate surface area is 137 Å². The minimum Gasteiger partial charge on any atom is -0.361 e. The Balaban J connectivity index is 1.87. The van der Waals surface area contributed by atoms with Gasteiger partial charge >= 0.3 is 11.8 Å². The van der Waals surface area contributed by atoms with Crippen LogP contribution in [0, 0.1) is 19.7 Å². The fourth-order valence-electron chi connectivity index (χ4n) is 2.01. The molecule has 0 spiro atoms. The molecule has 0 aliphatic rings. The summed E-state index contributed by atoms with van der Waals surface area (Å²) in [6.45, 7) is 3.80. The predicted octanol–water partition coefficient (Wildman–Crippen LogP) is 2.38. The third-order valence-corrected chi connectivity index (χ3v) is 3.46. The highest BCUT2D eigenvalue weighted by Gasteiger charge is 2.16. The van der Waals surface area contributed by atoms with E-state index in [1.54, 1.807) is 13.8 Å². The Morgan fingerprint density at radius 2 is 2.04 bits per heavy atom. The van der Waals surface area contributed by atoms with Crippen LogP contribution in [0.25, 0.3) is 0 Å². The third kappa shape index (κ3) is 4.29. The average Bonchev–Trinajstić information content (AvgIpc) is 2.81. The van der Waals surface area contributed by atoms with Gasteiger partial charge in [-0.05, 0) is 38.5 Å². The van der Waals surface area contributed by atoms with Gasteiger partial charge in [0.15, 0.2) is 0 Å². The standard InChI is InChI=1S/C15H15ClFN3O3/c1-8-11(9(2)23-20-8)5-6-18-14(21)15(22)19-13-4-3-10(16)7-12(13)17/h3-4,7H,5-6H2,1-2H3,(H,18,21)(H,19,22). The quantitative estimate of drug-likeness (QED) is 0.838. The van der Waals surface area contributed by atoms with Crippen molar-refractivity contribution in [3.8, 4) is 0 Å². The van der Waals surface area contributed by atoms with E-state index < -0.39 is 17.6 Å². The third-order valence-electron chi connectivity index (χ3n) is 3.23. The number of carbonyl (C=O) groups excluding carboxylic acids is 2. The Bertz CT molecular complexity index is 726. The highest BCUT2D eigenvalue weighted by molar-refractivity contribution is 6.39. The second-order valence-electron chi connectivity index (χ2n) is 4.89. The van der Waals surface area contributed by atoms with Crippen LogP contribution in [0.5, 0.6) is 0 Å². The number of aryl methyl sites for hydroxylation is 2. The zero-order valence-corrected chi connectivity index (χ0v) is 13.3. The Morgan fingerprint density at radius 1 is 1.30 bits per heavy atom. The highest BCUT2D eigenvalue weighted by Crippen LogP contribution is 2.18. The van der Waals surface area contributed by atoms with Gasteiger partial charge in [0.2, 0.25) is 0 Å². The maximum atomic E-state index is 13.6. The first kappa shape index (κ1) is 17.0. The van der Waals surface area contributed by atoms with E-state index in [0.29, 0.717) is 12.2 Å². The summed E-state index contributed by atoms with van der Waals surface area (Å²) in [4.78, 5) is 23.4. The summed E-state index contributed by atoms with van der Waals surface area (Å²) in [5.74, 6) is -1.85. The second-order valence-corrected chi connectivity index (χ2v) is 5.32. The van der Waals surface area contributed by atoms with Crippen molar-refractivity contribution >= 4 is 29.1 Å². The van der Waals surface area contributed by atoms with Crippen molar-refractivity contribution in [3.05, 3.63) is 46.1 Å². The lowest BCUT2D eigenvalue weighted by molar-refractivity contribution is -0.136. The lowest BCUT2D eigenvalue weighted by Gasteiger charge is -2.07. The number of carbonyl (C=O) groups is 2. The summed E-state index contributed by atoms with van der Waals surface area (Å²) >= 11 is 5.61. The lowest BCUT2D eigenvalue weighted by Crippen LogP contribution is -2.36. The summed E-state index contributed by atoms with van der Waals surface area (Å²) in [6, 6.07) is 3.74. The molecule has 0 aliphatic carbocycles. The molecule has 0 atom stereocenters. The second kappa shape index (κ2) is 7.23. The normalized spacial score (nSPS) is 10.4. The summed E-state index contributed by atoms with van der Waals surface area (Å²) < 4.78 is 18.6. The molecule has 2 aromatic rings. The number of hydrogen-bond donors (Lipinski definition) is 2. The van der Waals surface area contributed by atoms with Crippen LogP contribution >= 0.6 is 11.6 Å². The van der Waals surface area contributed by atoms with Gasteiger partial charge in [-0.2, -0.15) is 0 Å².